The summed E-state index contributed by atoms with van der Waals surface area (Å²) in [6, 6.07) is 13.8. The van der Waals surface area contributed by atoms with Gasteiger partial charge in [0.2, 0.25) is 5.91 Å². The van der Waals surface area contributed by atoms with Gasteiger partial charge >= 0.3 is 0 Å². The lowest BCUT2D eigenvalue weighted by molar-refractivity contribution is -0.117. The number of aryl methyl sites for hydroxylation is 1. The molecule has 1 aliphatic heterocycles. The van der Waals surface area contributed by atoms with Crippen molar-refractivity contribution in [2.45, 2.75) is 44.8 Å². The topological polar surface area (TPSA) is 81.7 Å². The smallest absolute Gasteiger partial charge is 0.238 e. The largest absolute Gasteiger partial charge is 0.392 e. The SMILES string of the molecule is O=C(CN1CCC(Nc2ccccc2CO)CC1)Nc1ccc2c(c1)CCCC2=O. The molecule has 158 valence electrons. The Bertz CT molecular complexity index is 920. The maximum absolute atomic E-state index is 12.5. The second-order valence-corrected chi connectivity index (χ2v) is 8.21. The monoisotopic (exact) mass is 407 g/mol. The summed E-state index contributed by atoms with van der Waals surface area (Å²) in [5.41, 5.74) is 4.51. The zero-order valence-electron chi connectivity index (χ0n) is 17.2. The number of nitrogens with one attached hydrogen (secondary N) is 2. The van der Waals surface area contributed by atoms with Gasteiger partial charge in [-0.1, -0.05) is 18.2 Å². The second-order valence-electron chi connectivity index (χ2n) is 8.21. The first-order chi connectivity index (χ1) is 14.6. The van der Waals surface area contributed by atoms with Crippen molar-refractivity contribution in [2.24, 2.45) is 0 Å². The summed E-state index contributed by atoms with van der Waals surface area (Å²) in [7, 11) is 0. The number of benzene rings is 2. The molecule has 1 saturated heterocycles. The average molecular weight is 408 g/mol. The molecule has 1 aliphatic carbocycles. The van der Waals surface area contributed by atoms with E-state index in [2.05, 4.69) is 15.5 Å². The minimum absolute atomic E-state index is 0.0193. The molecule has 1 amide bonds. The van der Waals surface area contributed by atoms with Gasteiger partial charge in [-0.3, -0.25) is 14.5 Å². The van der Waals surface area contributed by atoms with E-state index in [1.165, 1.54) is 0 Å². The fourth-order valence-corrected chi connectivity index (χ4v) is 4.38. The van der Waals surface area contributed by atoms with E-state index in [4.69, 9.17) is 0 Å². The van der Waals surface area contributed by atoms with Crippen molar-refractivity contribution in [3.05, 3.63) is 59.2 Å². The van der Waals surface area contributed by atoms with Crippen LogP contribution in [-0.4, -0.2) is 47.4 Å². The molecular formula is C24H29N3O3. The number of likely N-dealkylation sites (tertiary alicyclic amines) is 1. The summed E-state index contributed by atoms with van der Waals surface area (Å²) >= 11 is 0. The third kappa shape index (κ3) is 4.89. The lowest BCUT2D eigenvalue weighted by atomic mass is 9.90. The van der Waals surface area contributed by atoms with Crippen LogP contribution in [0.3, 0.4) is 0 Å². The van der Waals surface area contributed by atoms with Crippen molar-refractivity contribution in [1.29, 1.82) is 0 Å². The number of rotatable bonds is 6. The highest BCUT2D eigenvalue weighted by Gasteiger charge is 2.22. The number of ketones is 1. The Kier molecular flexibility index (Phi) is 6.45. The molecule has 0 aromatic heterocycles. The van der Waals surface area contributed by atoms with Gasteiger partial charge in [0.15, 0.2) is 5.78 Å². The Morgan fingerprint density at radius 2 is 1.90 bits per heavy atom. The molecule has 1 heterocycles. The predicted octanol–water partition coefficient (Wildman–Crippen LogP) is 3.21. The molecule has 0 spiro atoms. The molecule has 2 aliphatic rings. The summed E-state index contributed by atoms with van der Waals surface area (Å²) < 4.78 is 0. The number of aliphatic hydroxyl groups is 1. The molecule has 6 nitrogen and oxygen atoms in total. The third-order valence-corrected chi connectivity index (χ3v) is 6.04. The van der Waals surface area contributed by atoms with Crippen molar-refractivity contribution in [1.82, 2.24) is 4.90 Å². The maximum Gasteiger partial charge on any atom is 0.238 e. The molecule has 0 saturated carbocycles. The van der Waals surface area contributed by atoms with Gasteiger partial charge in [-0.2, -0.15) is 0 Å². The van der Waals surface area contributed by atoms with Crippen LogP contribution in [0.2, 0.25) is 0 Å². The Balaban J connectivity index is 1.26. The van der Waals surface area contributed by atoms with Crippen LogP contribution in [0.25, 0.3) is 0 Å². The number of fused-ring (bicyclic) bond motifs is 1. The normalized spacial score (nSPS) is 17.4. The number of carbonyl (C=O) groups excluding carboxylic acids is 2. The highest BCUT2D eigenvalue weighted by Crippen LogP contribution is 2.24. The van der Waals surface area contributed by atoms with E-state index in [1.807, 2.05) is 42.5 Å². The van der Waals surface area contributed by atoms with Gasteiger partial charge in [-0.05, 0) is 55.5 Å². The third-order valence-electron chi connectivity index (χ3n) is 6.04. The number of aliphatic hydroxyl groups excluding tert-OH is 1. The number of carbonyl (C=O) groups is 2. The summed E-state index contributed by atoms with van der Waals surface area (Å²) in [4.78, 5) is 26.6. The van der Waals surface area contributed by atoms with Gasteiger partial charge in [0, 0.05) is 48.1 Å². The Morgan fingerprint density at radius 1 is 1.10 bits per heavy atom. The van der Waals surface area contributed by atoms with E-state index >= 15 is 0 Å². The highest BCUT2D eigenvalue weighted by atomic mass is 16.3. The molecule has 6 heteroatoms. The Morgan fingerprint density at radius 3 is 2.70 bits per heavy atom. The Labute approximate surface area is 177 Å². The van der Waals surface area contributed by atoms with Gasteiger partial charge in [-0.15, -0.1) is 0 Å². The van der Waals surface area contributed by atoms with E-state index in [-0.39, 0.29) is 18.3 Å². The molecule has 2 aromatic rings. The molecule has 30 heavy (non-hydrogen) atoms. The molecular weight excluding hydrogens is 378 g/mol. The molecule has 0 radical (unpaired) electrons. The fraction of sp³-hybridized carbons (Fsp3) is 0.417. The van der Waals surface area contributed by atoms with Crippen LogP contribution in [0.4, 0.5) is 11.4 Å². The van der Waals surface area contributed by atoms with Crippen LogP contribution in [-0.2, 0) is 17.8 Å². The first kappa shape index (κ1) is 20.6. The number of Topliss-reactive ketones (excluding diaryl/α,β-unsaturated/α-hetero) is 1. The van der Waals surface area contributed by atoms with E-state index in [0.29, 0.717) is 19.0 Å². The first-order valence-electron chi connectivity index (χ1n) is 10.8. The van der Waals surface area contributed by atoms with Gasteiger partial charge in [0.1, 0.15) is 0 Å². The zero-order valence-corrected chi connectivity index (χ0v) is 17.2. The van der Waals surface area contributed by atoms with Crippen LogP contribution in [0.1, 0.15) is 47.2 Å². The lowest BCUT2D eigenvalue weighted by Crippen LogP contribution is -2.42. The van der Waals surface area contributed by atoms with Crippen molar-refractivity contribution in [3.63, 3.8) is 0 Å². The van der Waals surface area contributed by atoms with E-state index in [9.17, 15) is 14.7 Å². The quantitative estimate of drug-likeness (QED) is 0.685. The van der Waals surface area contributed by atoms with Crippen molar-refractivity contribution >= 4 is 23.1 Å². The van der Waals surface area contributed by atoms with E-state index in [1.54, 1.807) is 0 Å². The number of nitrogens with zero attached hydrogens (tertiary/aromatic N) is 1. The molecule has 0 bridgehead atoms. The summed E-state index contributed by atoms with van der Waals surface area (Å²) in [5, 5.41) is 16.0. The van der Waals surface area contributed by atoms with Crippen molar-refractivity contribution < 1.29 is 14.7 Å². The fourth-order valence-electron chi connectivity index (χ4n) is 4.38. The molecule has 2 aromatic carbocycles. The lowest BCUT2D eigenvalue weighted by Gasteiger charge is -2.32. The average Bonchev–Trinajstić information content (AvgIpc) is 2.75. The number of para-hydroxylation sites is 1. The maximum atomic E-state index is 12.5. The van der Waals surface area contributed by atoms with Crippen LogP contribution < -0.4 is 10.6 Å². The predicted molar refractivity (Wildman–Crippen MR) is 118 cm³/mol. The first-order valence-corrected chi connectivity index (χ1v) is 10.8. The van der Waals surface area contributed by atoms with Gasteiger partial charge in [-0.25, -0.2) is 0 Å². The minimum atomic E-state index is -0.0193. The van der Waals surface area contributed by atoms with Crippen LogP contribution in [0.15, 0.2) is 42.5 Å². The van der Waals surface area contributed by atoms with E-state index < -0.39 is 0 Å². The molecule has 4 rings (SSSR count). The number of amides is 1. The number of anilines is 2. The Hall–Kier alpha value is -2.70. The van der Waals surface area contributed by atoms with Crippen LogP contribution in [0, 0.1) is 0 Å². The van der Waals surface area contributed by atoms with Gasteiger partial charge < -0.3 is 15.7 Å². The van der Waals surface area contributed by atoms with Crippen LogP contribution >= 0.6 is 0 Å². The van der Waals surface area contributed by atoms with Crippen molar-refractivity contribution in [3.8, 4) is 0 Å². The van der Waals surface area contributed by atoms with E-state index in [0.717, 1.165) is 66.8 Å². The van der Waals surface area contributed by atoms with Gasteiger partial charge in [0.25, 0.3) is 0 Å². The number of piperidine rings is 1. The second kappa shape index (κ2) is 9.41. The summed E-state index contributed by atoms with van der Waals surface area (Å²) in [6.45, 7) is 2.10. The van der Waals surface area contributed by atoms with Gasteiger partial charge in [0.05, 0.1) is 13.2 Å². The minimum Gasteiger partial charge on any atom is -0.392 e. The summed E-state index contributed by atoms with van der Waals surface area (Å²) in [6.07, 6.45) is 4.30. The van der Waals surface area contributed by atoms with Crippen molar-refractivity contribution in [2.75, 3.05) is 30.3 Å². The van der Waals surface area contributed by atoms with Crippen LogP contribution in [0.5, 0.6) is 0 Å². The standard InChI is InChI=1S/C24H29N3O3/c28-16-18-4-1-2-6-22(18)25-19-10-12-27(13-11-19)15-24(30)26-20-8-9-21-17(14-20)5-3-7-23(21)29/h1-2,4,6,8-9,14,19,25,28H,3,5,7,10-13,15-16H2,(H,26,30). The number of hydrogen-bond donors (Lipinski definition) is 3. The summed E-state index contributed by atoms with van der Waals surface area (Å²) in [5.74, 6) is 0.182. The molecule has 0 atom stereocenters. The highest BCUT2D eigenvalue weighted by molar-refractivity contribution is 5.99. The molecule has 1 fully saturated rings. The molecule has 0 unspecified atom stereocenters. The number of hydrogen-bond acceptors (Lipinski definition) is 5. The zero-order chi connectivity index (χ0) is 20.9. The molecule has 3 N–H and O–H groups in total.